The van der Waals surface area contributed by atoms with Gasteiger partial charge in [-0.1, -0.05) is 49.1 Å². The molecular weight excluding hydrogens is 346 g/mol. The molecule has 0 amide bonds. The van der Waals surface area contributed by atoms with Gasteiger partial charge in [-0.05, 0) is 69.2 Å². The lowest BCUT2D eigenvalue weighted by Crippen LogP contribution is -2.37. The number of allylic oxidation sites excluding steroid dienone is 9. The van der Waals surface area contributed by atoms with E-state index in [0.29, 0.717) is 12.2 Å². The van der Waals surface area contributed by atoms with Crippen LogP contribution in [0, 0.1) is 11.8 Å². The minimum Gasteiger partial charge on any atom is -0.367 e. The zero-order chi connectivity index (χ0) is 20.5. The maximum absolute atomic E-state index is 9.75. The molecule has 0 unspecified atom stereocenters. The lowest BCUT2D eigenvalue weighted by atomic mass is 9.88. The number of hydrogen-bond acceptors (Lipinski definition) is 4. The Morgan fingerprint density at radius 1 is 1.18 bits per heavy atom. The van der Waals surface area contributed by atoms with Gasteiger partial charge in [0.1, 0.15) is 6.29 Å². The highest BCUT2D eigenvalue weighted by Gasteiger charge is 2.18. The molecular formula is C24H37N3O. The molecule has 2 rings (SSSR count). The van der Waals surface area contributed by atoms with E-state index in [4.69, 9.17) is 5.73 Å². The van der Waals surface area contributed by atoms with Gasteiger partial charge in [0, 0.05) is 25.5 Å². The van der Waals surface area contributed by atoms with Crippen LogP contribution in [0.4, 0.5) is 0 Å². The van der Waals surface area contributed by atoms with Crippen LogP contribution < -0.4 is 11.1 Å². The molecule has 2 aliphatic rings. The number of likely N-dealkylation sites (tertiary alicyclic amines) is 1. The molecule has 28 heavy (non-hydrogen) atoms. The van der Waals surface area contributed by atoms with Crippen LogP contribution >= 0.6 is 0 Å². The number of piperidine rings is 1. The molecule has 1 aliphatic heterocycles. The van der Waals surface area contributed by atoms with E-state index in [1.807, 2.05) is 6.92 Å². The molecule has 1 saturated heterocycles. The Labute approximate surface area is 171 Å². The third kappa shape index (κ3) is 11.5. The molecule has 1 fully saturated rings. The van der Waals surface area contributed by atoms with Crippen LogP contribution in [0.3, 0.4) is 0 Å². The fourth-order valence-electron chi connectivity index (χ4n) is 3.24. The fraction of sp³-hybridized carbons (Fsp3) is 0.458. The molecule has 0 aromatic heterocycles. The third-order valence-electron chi connectivity index (χ3n) is 5.01. The molecule has 0 aromatic carbocycles. The second-order valence-corrected chi connectivity index (χ2v) is 7.22. The summed E-state index contributed by atoms with van der Waals surface area (Å²) < 4.78 is 0. The largest absolute Gasteiger partial charge is 0.367 e. The molecule has 4 nitrogen and oxygen atoms in total. The minimum atomic E-state index is 0.641. The molecule has 0 spiro atoms. The van der Waals surface area contributed by atoms with Crippen molar-refractivity contribution < 1.29 is 4.79 Å². The highest BCUT2D eigenvalue weighted by Crippen LogP contribution is 2.25. The monoisotopic (exact) mass is 383 g/mol. The highest BCUT2D eigenvalue weighted by molar-refractivity contribution is 5.64. The van der Waals surface area contributed by atoms with E-state index >= 15 is 0 Å². The van der Waals surface area contributed by atoms with Crippen LogP contribution in [-0.4, -0.2) is 37.4 Å². The number of nitrogens with one attached hydrogen (secondary N) is 1. The van der Waals surface area contributed by atoms with Crippen molar-refractivity contribution in [1.82, 2.24) is 10.2 Å². The minimum absolute atomic E-state index is 0.641. The van der Waals surface area contributed by atoms with Gasteiger partial charge in [-0.25, -0.2) is 0 Å². The summed E-state index contributed by atoms with van der Waals surface area (Å²) in [6.07, 6.45) is 25.7. The van der Waals surface area contributed by atoms with E-state index in [0.717, 1.165) is 24.6 Å². The van der Waals surface area contributed by atoms with Crippen molar-refractivity contribution in [1.29, 1.82) is 0 Å². The van der Waals surface area contributed by atoms with Gasteiger partial charge >= 0.3 is 0 Å². The maximum Gasteiger partial charge on any atom is 0.144 e. The number of hydrogen-bond donors (Lipinski definition) is 2. The van der Waals surface area contributed by atoms with Crippen LogP contribution in [0.15, 0.2) is 73.2 Å². The van der Waals surface area contributed by atoms with Crippen molar-refractivity contribution in [2.75, 3.05) is 26.2 Å². The van der Waals surface area contributed by atoms with Crippen LogP contribution in [0.25, 0.3) is 0 Å². The van der Waals surface area contributed by atoms with Crippen molar-refractivity contribution in [2.45, 2.75) is 32.6 Å². The van der Waals surface area contributed by atoms with Gasteiger partial charge in [0.05, 0.1) is 0 Å². The Hall–Kier alpha value is -2.17. The summed E-state index contributed by atoms with van der Waals surface area (Å²) >= 11 is 0. The van der Waals surface area contributed by atoms with Crippen molar-refractivity contribution in [3.8, 4) is 0 Å². The van der Waals surface area contributed by atoms with Gasteiger partial charge in [-0.3, -0.25) is 4.79 Å². The van der Waals surface area contributed by atoms with Crippen molar-refractivity contribution in [2.24, 2.45) is 17.6 Å². The van der Waals surface area contributed by atoms with Crippen LogP contribution in [0.1, 0.15) is 32.6 Å². The van der Waals surface area contributed by atoms with E-state index in [1.165, 1.54) is 44.8 Å². The van der Waals surface area contributed by atoms with Crippen LogP contribution in [0.2, 0.25) is 0 Å². The average molecular weight is 384 g/mol. The first-order valence-electron chi connectivity index (χ1n) is 10.3. The van der Waals surface area contributed by atoms with Crippen molar-refractivity contribution in [3.05, 3.63) is 73.2 Å². The maximum atomic E-state index is 9.75. The summed E-state index contributed by atoms with van der Waals surface area (Å²) in [5, 5.41) is 2.79. The second kappa shape index (κ2) is 15.8. The molecule has 1 aliphatic carbocycles. The number of nitrogens with two attached hydrogens (primary N) is 1. The summed E-state index contributed by atoms with van der Waals surface area (Å²) in [5.74, 6) is 1.57. The molecule has 0 radical (unpaired) electrons. The zero-order valence-corrected chi connectivity index (χ0v) is 17.3. The average Bonchev–Trinajstić information content (AvgIpc) is 3.00. The molecule has 1 heterocycles. The predicted molar refractivity (Wildman–Crippen MR) is 121 cm³/mol. The standard InChI is InChI=1S/C16H26N2.C8H11NO/c17-11-14-18-12-9-16(10-13-18)8-7-15-5-3-1-2-4-6-15;1-3-8(2)7-9-5-4-6-10/h1-6,15-16H,7-14,17H2;3-7,9H,1H2,2H3/b;5-4-,8-7+. The van der Waals surface area contributed by atoms with Gasteiger partial charge in [-0.15, -0.1) is 0 Å². The van der Waals surface area contributed by atoms with Gasteiger partial charge in [-0.2, -0.15) is 0 Å². The molecule has 0 aromatic rings. The Balaban J connectivity index is 0.000000336. The van der Waals surface area contributed by atoms with Crippen LogP contribution in [0.5, 0.6) is 0 Å². The number of carbonyl (C=O) groups is 1. The number of carbonyl (C=O) groups excluding carboxylic acids is 1. The van der Waals surface area contributed by atoms with Crippen LogP contribution in [-0.2, 0) is 4.79 Å². The lowest BCUT2D eigenvalue weighted by Gasteiger charge is -2.31. The third-order valence-corrected chi connectivity index (χ3v) is 5.01. The predicted octanol–water partition coefficient (Wildman–Crippen LogP) is 4.11. The summed E-state index contributed by atoms with van der Waals surface area (Å²) in [6, 6.07) is 0. The quantitative estimate of drug-likeness (QED) is 0.357. The van der Waals surface area contributed by atoms with Gasteiger partial charge in [0.25, 0.3) is 0 Å². The second-order valence-electron chi connectivity index (χ2n) is 7.22. The van der Waals surface area contributed by atoms with Gasteiger partial charge in [0.2, 0.25) is 0 Å². The summed E-state index contributed by atoms with van der Waals surface area (Å²) in [6.45, 7) is 9.85. The SMILES string of the molecule is C=C/C(C)=C/N/C=C\C=O.NCCN1CCC(CCC2C=CC=CC=C2)CC1. The van der Waals surface area contributed by atoms with Gasteiger partial charge in [0.15, 0.2) is 0 Å². The highest BCUT2D eigenvalue weighted by atomic mass is 16.1. The number of nitrogens with zero attached hydrogens (tertiary/aromatic N) is 1. The summed E-state index contributed by atoms with van der Waals surface area (Å²) in [4.78, 5) is 12.3. The zero-order valence-electron chi connectivity index (χ0n) is 17.3. The first-order valence-corrected chi connectivity index (χ1v) is 10.3. The normalized spacial score (nSPS) is 18.6. The topological polar surface area (TPSA) is 58.4 Å². The molecule has 0 saturated carbocycles. The Morgan fingerprint density at radius 3 is 2.43 bits per heavy atom. The summed E-state index contributed by atoms with van der Waals surface area (Å²) in [5.41, 5.74) is 6.63. The molecule has 3 N–H and O–H groups in total. The van der Waals surface area contributed by atoms with Gasteiger partial charge < -0.3 is 16.0 Å². The molecule has 0 atom stereocenters. The Kier molecular flexibility index (Phi) is 13.5. The van der Waals surface area contributed by atoms with E-state index in [9.17, 15) is 4.79 Å². The number of aldehydes is 1. The van der Waals surface area contributed by atoms with Crippen molar-refractivity contribution in [3.63, 3.8) is 0 Å². The fourth-order valence-corrected chi connectivity index (χ4v) is 3.24. The van der Waals surface area contributed by atoms with Crippen molar-refractivity contribution >= 4 is 6.29 Å². The first kappa shape index (κ1) is 23.9. The van der Waals surface area contributed by atoms with E-state index < -0.39 is 0 Å². The Morgan fingerprint density at radius 2 is 1.86 bits per heavy atom. The van der Waals surface area contributed by atoms with E-state index in [-0.39, 0.29) is 0 Å². The molecule has 0 bridgehead atoms. The Bertz CT molecular complexity index is 563. The first-order chi connectivity index (χ1) is 13.7. The van der Waals surface area contributed by atoms with E-state index in [1.54, 1.807) is 18.5 Å². The lowest BCUT2D eigenvalue weighted by molar-refractivity contribution is -0.104. The number of rotatable bonds is 9. The summed E-state index contributed by atoms with van der Waals surface area (Å²) in [7, 11) is 0. The molecule has 154 valence electrons. The van der Waals surface area contributed by atoms with E-state index in [2.05, 4.69) is 53.3 Å². The smallest absolute Gasteiger partial charge is 0.144 e. The molecule has 4 heteroatoms.